The second kappa shape index (κ2) is 6.27. The van der Waals surface area contributed by atoms with Crippen LogP contribution in [0.1, 0.15) is 52.0 Å². The molecule has 0 amide bonds. The van der Waals surface area contributed by atoms with Gasteiger partial charge in [0.1, 0.15) is 17.1 Å². The van der Waals surface area contributed by atoms with Gasteiger partial charge in [0.2, 0.25) is 0 Å². The van der Waals surface area contributed by atoms with Gasteiger partial charge in [0, 0.05) is 5.56 Å². The Morgan fingerprint density at radius 3 is 2.43 bits per heavy atom. The molecule has 0 bridgehead atoms. The van der Waals surface area contributed by atoms with Crippen molar-refractivity contribution in [1.29, 1.82) is 0 Å². The van der Waals surface area contributed by atoms with Crippen molar-refractivity contribution in [3.8, 4) is 11.5 Å². The maximum Gasteiger partial charge on any atom is 0.124 e. The van der Waals surface area contributed by atoms with E-state index in [1.54, 1.807) is 7.11 Å². The highest BCUT2D eigenvalue weighted by atomic mass is 16.5. The number of methoxy groups -OCH3 is 1. The second-order valence-corrected chi connectivity index (χ2v) is 7.10. The highest BCUT2D eigenvalue weighted by Crippen LogP contribution is 2.43. The predicted octanol–water partition coefficient (Wildman–Crippen LogP) is 3.90. The summed E-state index contributed by atoms with van der Waals surface area (Å²) in [5.41, 5.74) is 1.28. The summed E-state index contributed by atoms with van der Waals surface area (Å²) in [6.07, 6.45) is 4.65. The first kappa shape index (κ1) is 16.2. The van der Waals surface area contributed by atoms with Crippen LogP contribution in [0.5, 0.6) is 11.5 Å². The van der Waals surface area contributed by atoms with Crippen LogP contribution in [0.25, 0.3) is 0 Å². The van der Waals surface area contributed by atoms with Crippen molar-refractivity contribution in [2.24, 2.45) is 0 Å². The van der Waals surface area contributed by atoms with Crippen LogP contribution in [-0.2, 0) is 5.41 Å². The Bertz CT molecular complexity index is 473. The molecule has 1 aromatic rings. The molecule has 1 N–H and O–H groups in total. The van der Waals surface area contributed by atoms with E-state index in [-0.39, 0.29) is 11.0 Å². The van der Waals surface area contributed by atoms with Crippen molar-refractivity contribution in [2.75, 3.05) is 20.7 Å². The average Bonchev–Trinajstić information content (AvgIpc) is 2.40. The van der Waals surface area contributed by atoms with Crippen molar-refractivity contribution >= 4 is 0 Å². The van der Waals surface area contributed by atoms with Gasteiger partial charge in [-0.15, -0.1) is 0 Å². The molecule has 2 rings (SSSR count). The summed E-state index contributed by atoms with van der Waals surface area (Å²) in [6.45, 7) is 7.65. The Morgan fingerprint density at radius 1 is 1.24 bits per heavy atom. The maximum atomic E-state index is 6.50. The first-order valence-corrected chi connectivity index (χ1v) is 7.92. The Hall–Kier alpha value is -1.22. The van der Waals surface area contributed by atoms with Gasteiger partial charge in [0.05, 0.1) is 7.11 Å². The van der Waals surface area contributed by atoms with Crippen LogP contribution < -0.4 is 14.8 Å². The molecule has 0 heterocycles. The molecule has 1 saturated carbocycles. The molecular weight excluding hydrogens is 262 g/mol. The number of hydrogen-bond acceptors (Lipinski definition) is 3. The van der Waals surface area contributed by atoms with Gasteiger partial charge in [0.25, 0.3) is 0 Å². The van der Waals surface area contributed by atoms with E-state index in [2.05, 4.69) is 38.2 Å². The lowest BCUT2D eigenvalue weighted by Gasteiger charge is -2.43. The van der Waals surface area contributed by atoms with Gasteiger partial charge >= 0.3 is 0 Å². The first-order chi connectivity index (χ1) is 9.90. The van der Waals surface area contributed by atoms with Crippen LogP contribution in [0.15, 0.2) is 18.2 Å². The van der Waals surface area contributed by atoms with E-state index >= 15 is 0 Å². The Morgan fingerprint density at radius 2 is 1.95 bits per heavy atom. The fraction of sp³-hybridized carbons (Fsp3) is 0.667. The first-order valence-electron chi connectivity index (χ1n) is 7.92. The van der Waals surface area contributed by atoms with Gasteiger partial charge in [-0.05, 0) is 62.9 Å². The standard InChI is InChI=1S/C18H29NO2/c1-17(2,3)15-13-14(20-5)7-8-16(15)21-18(9-6-10-18)11-12-19-4/h7-8,13,19H,6,9-12H2,1-5H3. The summed E-state index contributed by atoms with van der Waals surface area (Å²) in [5, 5.41) is 3.24. The molecule has 0 unspecified atom stereocenters. The third-order valence-corrected chi connectivity index (χ3v) is 4.42. The molecule has 3 heteroatoms. The highest BCUT2D eigenvalue weighted by molar-refractivity contribution is 5.44. The zero-order valence-electron chi connectivity index (χ0n) is 14.1. The number of rotatable bonds is 6. The lowest BCUT2D eigenvalue weighted by molar-refractivity contribution is -0.0152. The van der Waals surface area contributed by atoms with E-state index in [0.29, 0.717) is 0 Å². The quantitative estimate of drug-likeness (QED) is 0.862. The van der Waals surface area contributed by atoms with Crippen molar-refractivity contribution in [1.82, 2.24) is 5.32 Å². The largest absolute Gasteiger partial charge is 0.497 e. The summed E-state index contributed by atoms with van der Waals surface area (Å²) >= 11 is 0. The summed E-state index contributed by atoms with van der Waals surface area (Å²) in [6, 6.07) is 6.17. The fourth-order valence-electron chi connectivity index (χ4n) is 2.87. The smallest absolute Gasteiger partial charge is 0.124 e. The Labute approximate surface area is 129 Å². The minimum atomic E-state index is 0.0254. The van der Waals surface area contributed by atoms with E-state index in [1.807, 2.05) is 13.1 Å². The molecule has 1 aromatic carbocycles. The van der Waals surface area contributed by atoms with E-state index < -0.39 is 0 Å². The van der Waals surface area contributed by atoms with Gasteiger partial charge in [-0.25, -0.2) is 0 Å². The zero-order chi connectivity index (χ0) is 15.5. The maximum absolute atomic E-state index is 6.50. The highest BCUT2D eigenvalue weighted by Gasteiger charge is 2.39. The van der Waals surface area contributed by atoms with Crippen molar-refractivity contribution in [2.45, 2.75) is 57.5 Å². The lowest BCUT2D eigenvalue weighted by atomic mass is 9.77. The van der Waals surface area contributed by atoms with Gasteiger partial charge < -0.3 is 14.8 Å². The van der Waals surface area contributed by atoms with Crippen molar-refractivity contribution in [3.63, 3.8) is 0 Å². The van der Waals surface area contributed by atoms with Gasteiger partial charge in [-0.2, -0.15) is 0 Å². The van der Waals surface area contributed by atoms with Crippen molar-refractivity contribution < 1.29 is 9.47 Å². The van der Waals surface area contributed by atoms with Crippen LogP contribution in [0, 0.1) is 0 Å². The lowest BCUT2D eigenvalue weighted by Crippen LogP contribution is -2.45. The second-order valence-electron chi connectivity index (χ2n) is 7.10. The number of nitrogens with one attached hydrogen (secondary N) is 1. The molecule has 3 nitrogen and oxygen atoms in total. The number of hydrogen-bond donors (Lipinski definition) is 1. The summed E-state index contributed by atoms with van der Waals surface area (Å²) in [7, 11) is 3.71. The molecule has 0 aliphatic heterocycles. The Balaban J connectivity index is 2.26. The summed E-state index contributed by atoms with van der Waals surface area (Å²) in [4.78, 5) is 0. The van der Waals surface area contributed by atoms with E-state index in [9.17, 15) is 0 Å². The van der Waals surface area contributed by atoms with E-state index in [0.717, 1.165) is 37.3 Å². The van der Waals surface area contributed by atoms with Crippen LogP contribution >= 0.6 is 0 Å². The molecule has 0 radical (unpaired) electrons. The normalized spacial score (nSPS) is 17.2. The Kier molecular flexibility index (Phi) is 4.82. The van der Waals surface area contributed by atoms with Crippen LogP contribution in [0.3, 0.4) is 0 Å². The molecule has 1 aliphatic rings. The zero-order valence-corrected chi connectivity index (χ0v) is 14.1. The monoisotopic (exact) mass is 291 g/mol. The van der Waals surface area contributed by atoms with E-state index in [4.69, 9.17) is 9.47 Å². The molecule has 0 aromatic heterocycles. The van der Waals surface area contributed by atoms with Gasteiger partial charge in [-0.1, -0.05) is 20.8 Å². The minimum Gasteiger partial charge on any atom is -0.497 e. The van der Waals surface area contributed by atoms with Crippen LogP contribution in [0.4, 0.5) is 0 Å². The molecule has 21 heavy (non-hydrogen) atoms. The molecule has 1 fully saturated rings. The third-order valence-electron chi connectivity index (χ3n) is 4.42. The summed E-state index contributed by atoms with van der Waals surface area (Å²) < 4.78 is 11.9. The fourth-order valence-corrected chi connectivity index (χ4v) is 2.87. The molecule has 1 aliphatic carbocycles. The van der Waals surface area contributed by atoms with Crippen LogP contribution in [-0.4, -0.2) is 26.3 Å². The third kappa shape index (κ3) is 3.70. The van der Waals surface area contributed by atoms with Gasteiger partial charge in [-0.3, -0.25) is 0 Å². The summed E-state index contributed by atoms with van der Waals surface area (Å²) in [5.74, 6) is 1.91. The number of benzene rings is 1. The molecular formula is C18H29NO2. The number of ether oxygens (including phenoxy) is 2. The molecule has 118 valence electrons. The van der Waals surface area contributed by atoms with Gasteiger partial charge in [0.15, 0.2) is 0 Å². The van der Waals surface area contributed by atoms with Crippen LogP contribution in [0.2, 0.25) is 0 Å². The topological polar surface area (TPSA) is 30.5 Å². The molecule has 0 atom stereocenters. The SMILES string of the molecule is CNCCC1(Oc2ccc(OC)cc2C(C)(C)C)CCC1. The van der Waals surface area contributed by atoms with Crippen molar-refractivity contribution in [3.05, 3.63) is 23.8 Å². The minimum absolute atomic E-state index is 0.0254. The predicted molar refractivity (Wildman–Crippen MR) is 87.4 cm³/mol. The molecule has 0 spiro atoms. The average molecular weight is 291 g/mol. The van der Waals surface area contributed by atoms with E-state index in [1.165, 1.54) is 12.0 Å². The molecule has 0 saturated heterocycles.